The van der Waals surface area contributed by atoms with Crippen molar-refractivity contribution in [1.29, 1.82) is 0 Å². The number of aromatic nitrogens is 5. The first-order valence-corrected chi connectivity index (χ1v) is 5.21. The van der Waals surface area contributed by atoms with E-state index in [2.05, 4.69) is 15.1 Å². The van der Waals surface area contributed by atoms with Crippen molar-refractivity contribution in [2.45, 2.75) is 0 Å². The van der Waals surface area contributed by atoms with Crippen LogP contribution in [0.2, 0.25) is 0 Å². The van der Waals surface area contributed by atoms with Gasteiger partial charge in [-0.2, -0.15) is 5.10 Å². The number of imidazole rings is 1. The molecule has 1 N–H and O–H groups in total. The van der Waals surface area contributed by atoms with Gasteiger partial charge >= 0.3 is 5.97 Å². The highest BCUT2D eigenvalue weighted by molar-refractivity contribution is 5.87. The zero-order valence-corrected chi connectivity index (χ0v) is 9.48. The molecule has 0 saturated heterocycles. The van der Waals surface area contributed by atoms with Gasteiger partial charge in [0.2, 0.25) is 0 Å². The maximum absolute atomic E-state index is 11.0. The van der Waals surface area contributed by atoms with Crippen LogP contribution in [0, 0.1) is 0 Å². The van der Waals surface area contributed by atoms with Crippen LogP contribution in [0.3, 0.4) is 0 Å². The summed E-state index contributed by atoms with van der Waals surface area (Å²) in [4.78, 5) is 19.1. The predicted octanol–water partition coefficient (Wildman–Crippen LogP) is 0.828. The molecule has 3 aromatic rings. The van der Waals surface area contributed by atoms with E-state index in [-0.39, 0.29) is 5.69 Å². The third kappa shape index (κ3) is 1.45. The van der Waals surface area contributed by atoms with Crippen molar-refractivity contribution in [1.82, 2.24) is 24.1 Å². The number of carboxylic acid groups (broad SMARTS) is 1. The Bertz CT molecular complexity index is 743. The second kappa shape index (κ2) is 3.66. The minimum atomic E-state index is -1.01. The van der Waals surface area contributed by atoms with E-state index in [1.54, 1.807) is 36.2 Å². The van der Waals surface area contributed by atoms with Crippen molar-refractivity contribution < 1.29 is 9.90 Å². The molecule has 3 heterocycles. The number of carboxylic acids is 1. The number of carbonyl (C=O) groups is 1. The van der Waals surface area contributed by atoms with Gasteiger partial charge in [-0.3, -0.25) is 14.1 Å². The average Bonchev–Trinajstić information content (AvgIpc) is 2.92. The quantitative estimate of drug-likeness (QED) is 0.720. The van der Waals surface area contributed by atoms with E-state index in [1.807, 2.05) is 0 Å². The Labute approximate surface area is 101 Å². The van der Waals surface area contributed by atoms with Crippen LogP contribution in [-0.4, -0.2) is 35.2 Å². The molecule has 90 valence electrons. The largest absolute Gasteiger partial charge is 0.477 e. The summed E-state index contributed by atoms with van der Waals surface area (Å²) in [6.07, 6.45) is 6.67. The summed E-state index contributed by atoms with van der Waals surface area (Å²) in [6, 6.07) is 1.52. The fourth-order valence-corrected chi connectivity index (χ4v) is 1.82. The lowest BCUT2D eigenvalue weighted by Gasteiger charge is -1.96. The number of hydrogen-bond acceptors (Lipinski definition) is 4. The van der Waals surface area contributed by atoms with Gasteiger partial charge in [0, 0.05) is 25.5 Å². The highest BCUT2D eigenvalue weighted by atomic mass is 16.4. The molecule has 3 aromatic heterocycles. The summed E-state index contributed by atoms with van der Waals surface area (Å²) in [6.45, 7) is 0. The van der Waals surface area contributed by atoms with Crippen LogP contribution in [0.1, 0.15) is 10.5 Å². The van der Waals surface area contributed by atoms with Gasteiger partial charge in [0.15, 0.2) is 5.65 Å². The van der Waals surface area contributed by atoms with Crippen LogP contribution in [0.4, 0.5) is 0 Å². The van der Waals surface area contributed by atoms with Gasteiger partial charge in [-0.1, -0.05) is 0 Å². The molecule has 0 aliphatic rings. The Hall–Kier alpha value is -2.70. The first kappa shape index (κ1) is 10.5. The Kier molecular flexibility index (Phi) is 2.12. The monoisotopic (exact) mass is 243 g/mol. The lowest BCUT2D eigenvalue weighted by molar-refractivity contribution is 0.0685. The van der Waals surface area contributed by atoms with Crippen LogP contribution >= 0.6 is 0 Å². The molecule has 0 aromatic carbocycles. The molecule has 3 rings (SSSR count). The molecule has 18 heavy (non-hydrogen) atoms. The highest BCUT2D eigenvalue weighted by Gasteiger charge is 2.15. The smallest absolute Gasteiger partial charge is 0.354 e. The predicted molar refractivity (Wildman–Crippen MR) is 62.1 cm³/mol. The SMILES string of the molecule is Cn1nc(-c2cnc3cnccn23)cc1C(=O)O. The van der Waals surface area contributed by atoms with Gasteiger partial charge in [0.05, 0.1) is 18.1 Å². The molecular weight excluding hydrogens is 234 g/mol. The fraction of sp³-hybridized carbons (Fsp3) is 0.0909. The van der Waals surface area contributed by atoms with E-state index in [0.717, 1.165) is 5.69 Å². The summed E-state index contributed by atoms with van der Waals surface area (Å²) in [5.74, 6) is -1.01. The van der Waals surface area contributed by atoms with Crippen molar-refractivity contribution in [3.63, 3.8) is 0 Å². The molecule has 0 radical (unpaired) electrons. The molecule has 0 atom stereocenters. The molecule has 7 heteroatoms. The number of fused-ring (bicyclic) bond motifs is 1. The van der Waals surface area contributed by atoms with Crippen LogP contribution in [-0.2, 0) is 7.05 Å². The third-order valence-electron chi connectivity index (χ3n) is 2.68. The molecule has 0 spiro atoms. The zero-order valence-electron chi connectivity index (χ0n) is 9.48. The number of aromatic carboxylic acids is 1. The molecule has 0 saturated carbocycles. The van der Waals surface area contributed by atoms with Crippen molar-refractivity contribution in [2.75, 3.05) is 0 Å². The molecule has 0 bridgehead atoms. The van der Waals surface area contributed by atoms with Crippen LogP contribution in [0.5, 0.6) is 0 Å². The minimum absolute atomic E-state index is 0.133. The standard InChI is InChI=1S/C11H9N5O2/c1-15-8(11(17)18)4-7(14-15)9-5-13-10-6-12-2-3-16(9)10/h2-6H,1H3,(H,17,18). The average molecular weight is 243 g/mol. The number of nitrogens with zero attached hydrogens (tertiary/aromatic N) is 5. The summed E-state index contributed by atoms with van der Waals surface area (Å²) >= 11 is 0. The van der Waals surface area contributed by atoms with Gasteiger partial charge in [-0.25, -0.2) is 9.78 Å². The van der Waals surface area contributed by atoms with Crippen molar-refractivity contribution in [2.24, 2.45) is 7.05 Å². The number of hydrogen-bond donors (Lipinski definition) is 1. The van der Waals surface area contributed by atoms with Crippen molar-refractivity contribution in [3.05, 3.63) is 36.5 Å². The van der Waals surface area contributed by atoms with E-state index in [1.165, 1.54) is 10.7 Å². The van der Waals surface area contributed by atoms with Crippen LogP contribution in [0.25, 0.3) is 17.0 Å². The molecule has 0 aliphatic heterocycles. The fourth-order valence-electron chi connectivity index (χ4n) is 1.82. The second-order valence-corrected chi connectivity index (χ2v) is 3.79. The van der Waals surface area contributed by atoms with Crippen molar-refractivity contribution in [3.8, 4) is 11.4 Å². The topological polar surface area (TPSA) is 85.3 Å². The minimum Gasteiger partial charge on any atom is -0.477 e. The summed E-state index contributed by atoms with van der Waals surface area (Å²) in [5, 5.41) is 13.2. The maximum Gasteiger partial charge on any atom is 0.354 e. The lowest BCUT2D eigenvalue weighted by Crippen LogP contribution is -2.04. The first-order chi connectivity index (χ1) is 8.66. The Balaban J connectivity index is 2.20. The van der Waals surface area contributed by atoms with E-state index in [9.17, 15) is 4.79 Å². The highest BCUT2D eigenvalue weighted by Crippen LogP contribution is 2.19. The second-order valence-electron chi connectivity index (χ2n) is 3.79. The van der Waals surface area contributed by atoms with E-state index >= 15 is 0 Å². The van der Waals surface area contributed by atoms with Crippen LogP contribution in [0.15, 0.2) is 30.9 Å². The van der Waals surface area contributed by atoms with E-state index < -0.39 is 5.97 Å². The van der Waals surface area contributed by atoms with E-state index in [0.29, 0.717) is 11.3 Å². The number of rotatable bonds is 2. The van der Waals surface area contributed by atoms with Gasteiger partial charge in [-0.15, -0.1) is 0 Å². The van der Waals surface area contributed by atoms with Gasteiger partial charge in [0.25, 0.3) is 0 Å². The molecule has 0 amide bonds. The number of aryl methyl sites for hydroxylation is 1. The Morgan fingerprint density at radius 3 is 2.94 bits per heavy atom. The van der Waals surface area contributed by atoms with Crippen molar-refractivity contribution >= 4 is 11.6 Å². The molecular formula is C11H9N5O2. The Morgan fingerprint density at radius 1 is 1.39 bits per heavy atom. The third-order valence-corrected chi connectivity index (χ3v) is 2.68. The molecule has 7 nitrogen and oxygen atoms in total. The van der Waals surface area contributed by atoms with Gasteiger partial charge in [0.1, 0.15) is 11.4 Å². The lowest BCUT2D eigenvalue weighted by atomic mass is 10.3. The zero-order chi connectivity index (χ0) is 12.7. The van der Waals surface area contributed by atoms with Gasteiger partial charge in [-0.05, 0) is 0 Å². The maximum atomic E-state index is 11.0. The van der Waals surface area contributed by atoms with Gasteiger partial charge < -0.3 is 5.11 Å². The van der Waals surface area contributed by atoms with E-state index in [4.69, 9.17) is 5.11 Å². The normalized spacial score (nSPS) is 10.9. The van der Waals surface area contributed by atoms with Crippen LogP contribution < -0.4 is 0 Å². The molecule has 0 fully saturated rings. The summed E-state index contributed by atoms with van der Waals surface area (Å²) in [5.41, 5.74) is 2.12. The summed E-state index contributed by atoms with van der Waals surface area (Å²) < 4.78 is 3.14. The summed E-state index contributed by atoms with van der Waals surface area (Å²) in [7, 11) is 1.59. The Morgan fingerprint density at radius 2 is 2.22 bits per heavy atom. The molecule has 0 aliphatic carbocycles. The first-order valence-electron chi connectivity index (χ1n) is 5.21. The molecule has 0 unspecified atom stereocenters.